The molecule has 27 heavy (non-hydrogen) atoms. The molecule has 0 aliphatic carbocycles. The van der Waals surface area contributed by atoms with Gasteiger partial charge in [0.25, 0.3) is 5.91 Å². The van der Waals surface area contributed by atoms with Crippen molar-refractivity contribution < 1.29 is 14.7 Å². The smallest absolute Gasteiger partial charge is 0.258 e. The molecule has 1 aromatic heterocycles. The van der Waals surface area contributed by atoms with Crippen LogP contribution in [0.5, 0.6) is 5.75 Å². The van der Waals surface area contributed by atoms with Gasteiger partial charge in [-0.25, -0.2) is 0 Å². The Morgan fingerprint density at radius 3 is 2.70 bits per heavy atom. The molecular weight excluding hydrogens is 364 g/mol. The number of para-hydroxylation sites is 1. The van der Waals surface area contributed by atoms with Crippen molar-refractivity contribution in [3.05, 3.63) is 39.8 Å². The first-order valence-corrected chi connectivity index (χ1v) is 9.78. The zero-order valence-corrected chi connectivity index (χ0v) is 16.5. The molecule has 0 radical (unpaired) electrons. The van der Waals surface area contributed by atoms with E-state index in [1.165, 1.54) is 22.3 Å². The Morgan fingerprint density at radius 2 is 2.04 bits per heavy atom. The molecule has 3 rings (SSSR count). The number of hydrogen-bond donors (Lipinski definition) is 2. The van der Waals surface area contributed by atoms with Crippen molar-refractivity contribution in [2.45, 2.75) is 51.6 Å². The molecule has 1 saturated heterocycles. The number of aromatic hydroxyl groups is 1. The third kappa shape index (κ3) is 4.27. The van der Waals surface area contributed by atoms with Crippen molar-refractivity contribution in [1.29, 1.82) is 0 Å². The van der Waals surface area contributed by atoms with Gasteiger partial charge in [-0.1, -0.05) is 44.2 Å². The van der Waals surface area contributed by atoms with Crippen LogP contribution in [0.25, 0.3) is 0 Å². The van der Waals surface area contributed by atoms with Crippen LogP contribution in [-0.4, -0.2) is 44.6 Å². The van der Waals surface area contributed by atoms with E-state index in [0.717, 1.165) is 16.4 Å². The van der Waals surface area contributed by atoms with Crippen LogP contribution in [0.15, 0.2) is 24.3 Å². The van der Waals surface area contributed by atoms with E-state index in [1.807, 2.05) is 0 Å². The van der Waals surface area contributed by atoms with E-state index in [-0.39, 0.29) is 28.5 Å². The normalized spacial score (nSPS) is 17.1. The molecule has 8 heteroatoms. The molecule has 2 aromatic rings. The fraction of sp³-hybridized carbons (Fsp3) is 0.474. The maximum absolute atomic E-state index is 12.7. The number of rotatable bonds is 4. The van der Waals surface area contributed by atoms with Crippen molar-refractivity contribution in [3.8, 4) is 5.75 Å². The van der Waals surface area contributed by atoms with Gasteiger partial charge in [-0.15, -0.1) is 10.2 Å². The van der Waals surface area contributed by atoms with Gasteiger partial charge in [-0.05, 0) is 25.0 Å². The number of phenols is 1. The Bertz CT molecular complexity index is 843. The molecule has 0 saturated carbocycles. The van der Waals surface area contributed by atoms with Crippen molar-refractivity contribution in [2.75, 3.05) is 6.54 Å². The molecular formula is C19H24N4O3S. The third-order valence-corrected chi connectivity index (χ3v) is 5.82. The van der Waals surface area contributed by atoms with Gasteiger partial charge in [0.15, 0.2) is 0 Å². The van der Waals surface area contributed by atoms with Gasteiger partial charge < -0.3 is 15.3 Å². The molecule has 2 N–H and O–H groups in total. The van der Waals surface area contributed by atoms with Crippen molar-refractivity contribution >= 4 is 23.2 Å². The van der Waals surface area contributed by atoms with Crippen LogP contribution in [0.1, 0.15) is 54.0 Å². The Kier molecular flexibility index (Phi) is 5.46. The monoisotopic (exact) mass is 388 g/mol. The largest absolute Gasteiger partial charge is 0.507 e. The summed E-state index contributed by atoms with van der Waals surface area (Å²) in [5.74, 6) is -0.599. The van der Waals surface area contributed by atoms with E-state index in [9.17, 15) is 14.7 Å². The molecule has 1 atom stereocenters. The highest BCUT2D eigenvalue weighted by Gasteiger charge is 2.35. The van der Waals surface area contributed by atoms with Crippen molar-refractivity contribution in [3.63, 3.8) is 0 Å². The zero-order chi connectivity index (χ0) is 19.6. The Labute approximate surface area is 162 Å². The summed E-state index contributed by atoms with van der Waals surface area (Å²) in [6.45, 7) is 6.99. The Hall–Kier alpha value is -2.48. The first-order chi connectivity index (χ1) is 12.8. The number of amides is 2. The summed E-state index contributed by atoms with van der Waals surface area (Å²) in [4.78, 5) is 26.9. The van der Waals surface area contributed by atoms with Gasteiger partial charge in [0.1, 0.15) is 21.8 Å². The lowest BCUT2D eigenvalue weighted by Crippen LogP contribution is -2.45. The van der Waals surface area contributed by atoms with Crippen LogP contribution in [-0.2, 0) is 16.8 Å². The number of aromatic nitrogens is 2. The van der Waals surface area contributed by atoms with Gasteiger partial charge in [0.05, 0.1) is 12.1 Å². The lowest BCUT2D eigenvalue weighted by Gasteiger charge is -2.24. The highest BCUT2D eigenvalue weighted by Crippen LogP contribution is 2.26. The van der Waals surface area contributed by atoms with E-state index in [1.54, 1.807) is 18.2 Å². The SMILES string of the molecule is CC(C)(C)c1nnc(CNC(=O)C2CCCN2C(=O)c2ccccc2O)s1. The summed E-state index contributed by atoms with van der Waals surface area (Å²) < 4.78 is 0. The topological polar surface area (TPSA) is 95.4 Å². The molecule has 1 unspecified atom stereocenters. The molecule has 1 aliphatic heterocycles. The predicted octanol–water partition coefficient (Wildman–Crippen LogP) is 2.46. The van der Waals surface area contributed by atoms with Crippen LogP contribution in [0.3, 0.4) is 0 Å². The van der Waals surface area contributed by atoms with Crippen LogP contribution >= 0.6 is 11.3 Å². The molecule has 2 amide bonds. The fourth-order valence-electron chi connectivity index (χ4n) is 3.00. The maximum Gasteiger partial charge on any atom is 0.258 e. The number of likely N-dealkylation sites (tertiary alicyclic amines) is 1. The highest BCUT2D eigenvalue weighted by atomic mass is 32.1. The molecule has 1 fully saturated rings. The van der Waals surface area contributed by atoms with E-state index >= 15 is 0 Å². The summed E-state index contributed by atoms with van der Waals surface area (Å²) >= 11 is 1.48. The molecule has 2 heterocycles. The quantitative estimate of drug-likeness (QED) is 0.839. The summed E-state index contributed by atoms with van der Waals surface area (Å²) in [5.41, 5.74) is 0.142. The van der Waals surface area contributed by atoms with E-state index in [4.69, 9.17) is 0 Å². The standard InChI is InChI=1S/C19H24N4O3S/c1-19(2,3)18-22-21-15(27-18)11-20-16(25)13-8-6-10-23(13)17(26)12-7-4-5-9-14(12)24/h4-5,7,9,13,24H,6,8,10-11H2,1-3H3,(H,20,25). The number of phenolic OH excluding ortho intramolecular Hbond substituents is 1. The van der Waals surface area contributed by atoms with Crippen molar-refractivity contribution in [1.82, 2.24) is 20.4 Å². The summed E-state index contributed by atoms with van der Waals surface area (Å²) in [7, 11) is 0. The van der Waals surface area contributed by atoms with Gasteiger partial charge >= 0.3 is 0 Å². The van der Waals surface area contributed by atoms with Gasteiger partial charge in [0, 0.05) is 12.0 Å². The van der Waals surface area contributed by atoms with E-state index < -0.39 is 6.04 Å². The molecule has 7 nitrogen and oxygen atoms in total. The minimum atomic E-state index is -0.535. The van der Waals surface area contributed by atoms with Crippen LogP contribution < -0.4 is 5.32 Å². The second-order valence-electron chi connectivity index (χ2n) is 7.64. The first-order valence-electron chi connectivity index (χ1n) is 8.97. The van der Waals surface area contributed by atoms with Crippen molar-refractivity contribution in [2.24, 2.45) is 0 Å². The zero-order valence-electron chi connectivity index (χ0n) is 15.7. The average molecular weight is 388 g/mol. The number of carbonyl (C=O) groups is 2. The summed E-state index contributed by atoms with van der Waals surface area (Å²) in [6, 6.07) is 5.86. The van der Waals surface area contributed by atoms with E-state index in [0.29, 0.717) is 19.5 Å². The maximum atomic E-state index is 12.7. The number of nitrogens with one attached hydrogen (secondary N) is 1. The number of nitrogens with zero attached hydrogens (tertiary/aromatic N) is 3. The Balaban J connectivity index is 1.64. The van der Waals surface area contributed by atoms with Crippen LogP contribution in [0.2, 0.25) is 0 Å². The predicted molar refractivity (Wildman–Crippen MR) is 103 cm³/mol. The lowest BCUT2D eigenvalue weighted by atomic mass is 9.98. The average Bonchev–Trinajstić information content (AvgIpc) is 3.28. The highest BCUT2D eigenvalue weighted by molar-refractivity contribution is 7.11. The molecule has 0 bridgehead atoms. The lowest BCUT2D eigenvalue weighted by molar-refractivity contribution is -0.125. The van der Waals surface area contributed by atoms with Gasteiger partial charge in [-0.3, -0.25) is 9.59 Å². The minimum Gasteiger partial charge on any atom is -0.507 e. The molecule has 144 valence electrons. The van der Waals surface area contributed by atoms with Crippen LogP contribution in [0, 0.1) is 0 Å². The third-order valence-electron chi connectivity index (χ3n) is 4.47. The number of carbonyl (C=O) groups excluding carboxylic acids is 2. The molecule has 1 aliphatic rings. The van der Waals surface area contributed by atoms with Gasteiger partial charge in [0.2, 0.25) is 5.91 Å². The minimum absolute atomic E-state index is 0.0721. The van der Waals surface area contributed by atoms with E-state index in [2.05, 4.69) is 36.3 Å². The number of benzene rings is 1. The second-order valence-corrected chi connectivity index (χ2v) is 8.70. The second kappa shape index (κ2) is 7.64. The fourth-order valence-corrected chi connectivity index (χ4v) is 3.84. The Morgan fingerprint density at radius 1 is 1.30 bits per heavy atom. The molecule has 0 spiro atoms. The summed E-state index contributed by atoms with van der Waals surface area (Å²) in [6.07, 6.45) is 1.36. The first kappa shape index (κ1) is 19.3. The van der Waals surface area contributed by atoms with Gasteiger partial charge in [-0.2, -0.15) is 0 Å². The van der Waals surface area contributed by atoms with Crippen LogP contribution in [0.4, 0.5) is 0 Å². The summed E-state index contributed by atoms with van der Waals surface area (Å²) in [5, 5.41) is 22.8. The molecule has 1 aromatic carbocycles. The number of hydrogen-bond acceptors (Lipinski definition) is 6.